The Morgan fingerprint density at radius 1 is 1.00 bits per heavy atom. The lowest BCUT2D eigenvalue weighted by Crippen LogP contribution is -2.49. The third-order valence-electron chi connectivity index (χ3n) is 5.72. The number of thioether (sulfide) groups is 1. The molecule has 0 spiro atoms. The van der Waals surface area contributed by atoms with Gasteiger partial charge in [-0.3, -0.25) is 14.9 Å². The summed E-state index contributed by atoms with van der Waals surface area (Å²) in [6.07, 6.45) is 3.53. The van der Waals surface area contributed by atoms with E-state index in [1.807, 2.05) is 4.90 Å². The fourth-order valence-electron chi connectivity index (χ4n) is 3.95. The average Bonchev–Trinajstić information content (AvgIpc) is 2.83. The second-order valence-electron chi connectivity index (χ2n) is 7.81. The lowest BCUT2D eigenvalue weighted by Gasteiger charge is -2.36. The van der Waals surface area contributed by atoms with E-state index in [-0.39, 0.29) is 17.3 Å². The maximum Gasteiger partial charge on any atom is 0.269 e. The lowest BCUT2D eigenvalue weighted by molar-refractivity contribution is -0.384. The van der Waals surface area contributed by atoms with Crippen molar-refractivity contribution in [2.24, 2.45) is 0 Å². The van der Waals surface area contributed by atoms with Gasteiger partial charge < -0.3 is 14.7 Å². The second-order valence-corrected chi connectivity index (χ2v) is 9.14. The van der Waals surface area contributed by atoms with Crippen LogP contribution in [0.15, 0.2) is 35.5 Å². The molecule has 11 heteroatoms. The van der Waals surface area contributed by atoms with E-state index < -0.39 is 4.92 Å². The van der Waals surface area contributed by atoms with Gasteiger partial charge in [-0.15, -0.1) is 0 Å². The maximum atomic E-state index is 12.7. The highest BCUT2D eigenvalue weighted by molar-refractivity contribution is 7.99. The summed E-state index contributed by atoms with van der Waals surface area (Å²) in [5.41, 5.74) is 1.00. The molecule has 2 aliphatic heterocycles. The van der Waals surface area contributed by atoms with E-state index in [0.717, 1.165) is 37.4 Å². The highest BCUT2D eigenvalue weighted by atomic mass is 35.5. The van der Waals surface area contributed by atoms with Gasteiger partial charge in [0, 0.05) is 63.2 Å². The summed E-state index contributed by atoms with van der Waals surface area (Å²) >= 11 is 7.52. The van der Waals surface area contributed by atoms with E-state index in [1.54, 1.807) is 18.2 Å². The number of nitrogens with zero attached hydrogens (tertiary/aromatic N) is 6. The molecule has 0 N–H and O–H groups in total. The Morgan fingerprint density at radius 3 is 2.34 bits per heavy atom. The number of nitro groups is 1. The molecule has 9 nitrogen and oxygen atoms in total. The predicted molar refractivity (Wildman–Crippen MR) is 126 cm³/mol. The quantitative estimate of drug-likeness (QED) is 0.205. The zero-order valence-electron chi connectivity index (χ0n) is 17.7. The van der Waals surface area contributed by atoms with Crippen LogP contribution in [0.1, 0.15) is 19.3 Å². The lowest BCUT2D eigenvalue weighted by atomic mass is 10.1. The number of hydrogen-bond acceptors (Lipinski definition) is 8. The average molecular weight is 477 g/mol. The molecule has 0 bridgehead atoms. The molecule has 0 radical (unpaired) electrons. The Morgan fingerprint density at radius 2 is 1.69 bits per heavy atom. The number of hydrogen-bond donors (Lipinski definition) is 0. The Bertz CT molecular complexity index is 963. The van der Waals surface area contributed by atoms with E-state index in [2.05, 4.69) is 19.8 Å². The van der Waals surface area contributed by atoms with Crippen molar-refractivity contribution in [3.8, 4) is 0 Å². The van der Waals surface area contributed by atoms with Crippen LogP contribution in [-0.4, -0.2) is 70.7 Å². The first kappa shape index (κ1) is 22.6. The molecule has 3 heterocycles. The number of aromatic nitrogens is 2. The van der Waals surface area contributed by atoms with Gasteiger partial charge in [0.15, 0.2) is 5.16 Å². The van der Waals surface area contributed by atoms with Crippen molar-refractivity contribution in [1.29, 1.82) is 0 Å². The van der Waals surface area contributed by atoms with Crippen molar-refractivity contribution >= 4 is 46.5 Å². The minimum absolute atomic E-state index is 0.0430. The summed E-state index contributed by atoms with van der Waals surface area (Å²) in [4.78, 5) is 38.2. The van der Waals surface area contributed by atoms with Gasteiger partial charge in [-0.2, -0.15) is 0 Å². The third-order valence-corrected chi connectivity index (χ3v) is 6.75. The van der Waals surface area contributed by atoms with Crippen molar-refractivity contribution in [2.75, 3.05) is 54.8 Å². The number of halogens is 1. The highest BCUT2D eigenvalue weighted by Crippen LogP contribution is 2.25. The number of non-ortho nitro benzene ring substituents is 1. The largest absolute Gasteiger partial charge is 0.368 e. The minimum Gasteiger partial charge on any atom is -0.368 e. The van der Waals surface area contributed by atoms with Crippen LogP contribution in [-0.2, 0) is 4.79 Å². The predicted octanol–water partition coefficient (Wildman–Crippen LogP) is 3.47. The first-order valence-electron chi connectivity index (χ1n) is 10.7. The van der Waals surface area contributed by atoms with Gasteiger partial charge in [-0.25, -0.2) is 9.97 Å². The number of piperidine rings is 1. The van der Waals surface area contributed by atoms with Crippen molar-refractivity contribution in [1.82, 2.24) is 14.9 Å². The summed E-state index contributed by atoms with van der Waals surface area (Å²) < 4.78 is 0. The molecule has 0 aliphatic carbocycles. The van der Waals surface area contributed by atoms with Crippen LogP contribution in [0.3, 0.4) is 0 Å². The first-order chi connectivity index (χ1) is 15.5. The first-order valence-corrected chi connectivity index (χ1v) is 12.1. The number of rotatable bonds is 6. The summed E-state index contributed by atoms with van der Waals surface area (Å²) in [6.45, 7) is 4.50. The Kier molecular flexibility index (Phi) is 7.31. The van der Waals surface area contributed by atoms with Crippen molar-refractivity contribution in [3.63, 3.8) is 0 Å². The van der Waals surface area contributed by atoms with Crippen molar-refractivity contribution in [3.05, 3.63) is 45.6 Å². The Hall–Kier alpha value is -2.59. The van der Waals surface area contributed by atoms with Gasteiger partial charge in [-0.1, -0.05) is 23.4 Å². The number of piperazine rings is 1. The molecule has 0 saturated carbocycles. The van der Waals surface area contributed by atoms with Gasteiger partial charge in [-0.05, 0) is 31.4 Å². The van der Waals surface area contributed by atoms with Crippen LogP contribution in [0.2, 0.25) is 5.15 Å². The zero-order valence-corrected chi connectivity index (χ0v) is 19.2. The standard InChI is InChI=1S/C21H25ClN6O3S/c22-18-14-19(26-8-2-1-3-9-26)24-21(23-18)32-15-20(29)27-12-10-25(11-13-27)16-4-6-17(7-5-16)28(30)31/h4-7,14H,1-3,8-13,15H2. The molecular formula is C21H25ClN6O3S. The fraction of sp³-hybridized carbons (Fsp3) is 0.476. The molecule has 2 fully saturated rings. The van der Waals surface area contributed by atoms with Crippen molar-refractivity contribution < 1.29 is 9.72 Å². The fourth-order valence-corrected chi connectivity index (χ4v) is 4.94. The van der Waals surface area contributed by atoms with Crippen molar-refractivity contribution in [2.45, 2.75) is 24.4 Å². The van der Waals surface area contributed by atoms with E-state index in [4.69, 9.17) is 11.6 Å². The number of carbonyl (C=O) groups is 1. The second kappa shape index (κ2) is 10.4. The molecule has 2 aliphatic rings. The van der Waals surface area contributed by atoms with Crippen LogP contribution in [0.5, 0.6) is 0 Å². The Labute approximate surface area is 195 Å². The van der Waals surface area contributed by atoms with Crippen LogP contribution >= 0.6 is 23.4 Å². The van der Waals surface area contributed by atoms with Crippen LogP contribution < -0.4 is 9.80 Å². The molecular weight excluding hydrogens is 452 g/mol. The van der Waals surface area contributed by atoms with Gasteiger partial charge in [0.05, 0.1) is 10.7 Å². The summed E-state index contributed by atoms with van der Waals surface area (Å²) in [5, 5.41) is 11.7. The summed E-state index contributed by atoms with van der Waals surface area (Å²) in [5.74, 6) is 1.13. The number of carbonyl (C=O) groups excluding carboxylic acids is 1. The molecule has 4 rings (SSSR count). The topological polar surface area (TPSA) is 95.7 Å². The summed E-state index contributed by atoms with van der Waals surface area (Å²) in [6, 6.07) is 8.30. The highest BCUT2D eigenvalue weighted by Gasteiger charge is 2.22. The number of nitro benzene ring substituents is 1. The monoisotopic (exact) mass is 476 g/mol. The molecule has 0 atom stereocenters. The maximum absolute atomic E-state index is 12.7. The van der Waals surface area contributed by atoms with Gasteiger partial charge >= 0.3 is 0 Å². The minimum atomic E-state index is -0.406. The smallest absolute Gasteiger partial charge is 0.269 e. The third kappa shape index (κ3) is 5.60. The molecule has 32 heavy (non-hydrogen) atoms. The number of benzene rings is 1. The van der Waals surface area contributed by atoms with E-state index in [0.29, 0.717) is 36.5 Å². The SMILES string of the molecule is O=C(CSc1nc(Cl)cc(N2CCCCC2)n1)N1CCN(c2ccc([N+](=O)[O-])cc2)CC1. The molecule has 2 saturated heterocycles. The number of amides is 1. The van der Waals surface area contributed by atoms with E-state index in [1.165, 1.54) is 30.3 Å². The van der Waals surface area contributed by atoms with Gasteiger partial charge in [0.25, 0.3) is 5.69 Å². The molecule has 1 aromatic carbocycles. The van der Waals surface area contributed by atoms with E-state index >= 15 is 0 Å². The Balaban J connectivity index is 1.29. The molecule has 1 amide bonds. The summed E-state index contributed by atoms with van der Waals surface area (Å²) in [7, 11) is 0. The van der Waals surface area contributed by atoms with Gasteiger partial charge in [0.1, 0.15) is 11.0 Å². The van der Waals surface area contributed by atoms with Crippen LogP contribution in [0.25, 0.3) is 0 Å². The van der Waals surface area contributed by atoms with Gasteiger partial charge in [0.2, 0.25) is 5.91 Å². The number of anilines is 2. The normalized spacial score (nSPS) is 16.8. The molecule has 2 aromatic rings. The zero-order chi connectivity index (χ0) is 22.5. The van der Waals surface area contributed by atoms with Crippen LogP contribution in [0.4, 0.5) is 17.2 Å². The van der Waals surface area contributed by atoms with Crippen LogP contribution in [0, 0.1) is 10.1 Å². The molecule has 170 valence electrons. The molecule has 1 aromatic heterocycles. The molecule has 0 unspecified atom stereocenters. The van der Waals surface area contributed by atoms with E-state index in [9.17, 15) is 14.9 Å².